The summed E-state index contributed by atoms with van der Waals surface area (Å²) < 4.78 is 58.0. The number of morpholine rings is 1. The zero-order valence-electron chi connectivity index (χ0n) is 19.2. The predicted molar refractivity (Wildman–Crippen MR) is 125 cm³/mol. The number of benzene rings is 1. The Labute approximate surface area is 204 Å². The number of ether oxygens (including phenoxy) is 1. The third-order valence-electron chi connectivity index (χ3n) is 5.25. The molecule has 0 bridgehead atoms. The summed E-state index contributed by atoms with van der Waals surface area (Å²) >= 11 is 0. The summed E-state index contributed by atoms with van der Waals surface area (Å²) in [6.07, 6.45) is -1.90. The summed E-state index contributed by atoms with van der Waals surface area (Å²) in [4.78, 5) is 14.3. The fraction of sp³-hybridized carbons (Fsp3) is 0.348. The lowest BCUT2D eigenvalue weighted by atomic mass is 10.2. The number of aromatic nitrogens is 3. The Morgan fingerprint density at radius 2 is 1.86 bits per heavy atom. The van der Waals surface area contributed by atoms with Crippen molar-refractivity contribution in [1.29, 1.82) is 0 Å². The SMILES string of the molecule is Fc1cnc(N=NCc2ccc(Nc3cccc(C(F)(F)F)c3)cn2)nc1NCCN1CCOCC1. The molecule has 1 aliphatic rings. The van der Waals surface area contributed by atoms with Crippen molar-refractivity contribution in [2.24, 2.45) is 10.2 Å². The number of rotatable bonds is 9. The topological polar surface area (TPSA) is 99.9 Å². The van der Waals surface area contributed by atoms with Gasteiger partial charge in [0.25, 0.3) is 5.95 Å². The molecule has 190 valence electrons. The quantitative estimate of drug-likeness (QED) is 0.319. The maximum atomic E-state index is 14.0. The second-order valence-electron chi connectivity index (χ2n) is 7.89. The van der Waals surface area contributed by atoms with E-state index in [1.807, 2.05) is 0 Å². The molecule has 13 heteroatoms. The van der Waals surface area contributed by atoms with Gasteiger partial charge in [-0.1, -0.05) is 6.07 Å². The van der Waals surface area contributed by atoms with Crippen molar-refractivity contribution in [2.75, 3.05) is 50.0 Å². The lowest BCUT2D eigenvalue weighted by Gasteiger charge is -2.26. The van der Waals surface area contributed by atoms with Crippen molar-refractivity contribution in [1.82, 2.24) is 19.9 Å². The fourth-order valence-corrected chi connectivity index (χ4v) is 3.39. The van der Waals surface area contributed by atoms with Crippen LogP contribution in [0.1, 0.15) is 11.3 Å². The van der Waals surface area contributed by atoms with Gasteiger partial charge in [-0.05, 0) is 30.3 Å². The number of pyridine rings is 1. The van der Waals surface area contributed by atoms with Gasteiger partial charge in [0.1, 0.15) is 6.54 Å². The minimum atomic E-state index is -4.42. The van der Waals surface area contributed by atoms with Gasteiger partial charge in [0, 0.05) is 31.9 Å². The molecule has 2 aromatic heterocycles. The molecule has 9 nitrogen and oxygen atoms in total. The van der Waals surface area contributed by atoms with E-state index in [9.17, 15) is 17.6 Å². The normalized spacial score (nSPS) is 14.8. The zero-order valence-corrected chi connectivity index (χ0v) is 19.2. The van der Waals surface area contributed by atoms with Crippen LogP contribution >= 0.6 is 0 Å². The van der Waals surface area contributed by atoms with Crippen molar-refractivity contribution >= 4 is 23.1 Å². The van der Waals surface area contributed by atoms with Crippen LogP contribution < -0.4 is 10.6 Å². The Morgan fingerprint density at radius 1 is 1.03 bits per heavy atom. The molecule has 0 radical (unpaired) electrons. The van der Waals surface area contributed by atoms with Gasteiger partial charge in [-0.3, -0.25) is 9.88 Å². The smallest absolute Gasteiger partial charge is 0.379 e. The monoisotopic (exact) mass is 504 g/mol. The molecular formula is C23H24F4N8O. The second kappa shape index (κ2) is 11.8. The molecule has 0 saturated carbocycles. The van der Waals surface area contributed by atoms with Gasteiger partial charge in [-0.15, -0.1) is 5.11 Å². The summed E-state index contributed by atoms with van der Waals surface area (Å²) in [5.41, 5.74) is 0.641. The van der Waals surface area contributed by atoms with Crippen LogP contribution in [0.15, 0.2) is 59.0 Å². The molecule has 0 spiro atoms. The molecule has 2 N–H and O–H groups in total. The second-order valence-corrected chi connectivity index (χ2v) is 7.89. The molecule has 0 amide bonds. The van der Waals surface area contributed by atoms with Gasteiger partial charge in [-0.2, -0.15) is 23.3 Å². The number of hydrogen-bond donors (Lipinski definition) is 2. The number of nitrogens with one attached hydrogen (secondary N) is 2. The first-order chi connectivity index (χ1) is 17.4. The Balaban J connectivity index is 1.29. The van der Waals surface area contributed by atoms with Crippen molar-refractivity contribution in [3.8, 4) is 0 Å². The highest BCUT2D eigenvalue weighted by Crippen LogP contribution is 2.31. The highest BCUT2D eigenvalue weighted by atomic mass is 19.4. The molecule has 4 rings (SSSR count). The first-order valence-corrected chi connectivity index (χ1v) is 11.2. The fourth-order valence-electron chi connectivity index (χ4n) is 3.39. The number of nitrogens with zero attached hydrogens (tertiary/aromatic N) is 6. The van der Waals surface area contributed by atoms with Crippen molar-refractivity contribution in [3.63, 3.8) is 0 Å². The van der Waals surface area contributed by atoms with E-state index in [2.05, 4.69) is 40.7 Å². The number of alkyl halides is 3. The molecular weight excluding hydrogens is 480 g/mol. The van der Waals surface area contributed by atoms with Crippen molar-refractivity contribution in [3.05, 3.63) is 65.9 Å². The Morgan fingerprint density at radius 3 is 2.61 bits per heavy atom. The van der Waals surface area contributed by atoms with Gasteiger partial charge in [-0.25, -0.2) is 9.37 Å². The maximum absolute atomic E-state index is 14.0. The third-order valence-corrected chi connectivity index (χ3v) is 5.25. The molecule has 0 unspecified atom stereocenters. The average Bonchev–Trinajstić information content (AvgIpc) is 2.87. The minimum absolute atomic E-state index is 0.00751. The molecule has 1 saturated heterocycles. The molecule has 36 heavy (non-hydrogen) atoms. The Kier molecular flexibility index (Phi) is 8.33. The summed E-state index contributed by atoms with van der Waals surface area (Å²) in [6.45, 7) is 4.41. The van der Waals surface area contributed by atoms with Crippen LogP contribution in [0.4, 0.5) is 40.7 Å². The van der Waals surface area contributed by atoms with Crippen molar-refractivity contribution < 1.29 is 22.3 Å². The Hall–Kier alpha value is -3.71. The van der Waals surface area contributed by atoms with E-state index in [1.54, 1.807) is 12.1 Å². The summed E-state index contributed by atoms with van der Waals surface area (Å²) in [5, 5.41) is 13.8. The highest BCUT2D eigenvalue weighted by molar-refractivity contribution is 5.59. The third kappa shape index (κ3) is 7.39. The first-order valence-electron chi connectivity index (χ1n) is 11.2. The molecule has 0 atom stereocenters. The molecule has 3 aromatic rings. The predicted octanol–water partition coefficient (Wildman–Crippen LogP) is 4.80. The van der Waals surface area contributed by atoms with Crippen LogP contribution in [0.2, 0.25) is 0 Å². The number of anilines is 3. The molecule has 1 fully saturated rings. The van der Waals surface area contributed by atoms with E-state index in [4.69, 9.17) is 4.74 Å². The van der Waals surface area contributed by atoms with E-state index in [-0.39, 0.29) is 18.3 Å². The highest BCUT2D eigenvalue weighted by Gasteiger charge is 2.30. The number of hydrogen-bond acceptors (Lipinski definition) is 9. The van der Waals surface area contributed by atoms with E-state index in [0.29, 0.717) is 36.8 Å². The summed E-state index contributed by atoms with van der Waals surface area (Å²) in [7, 11) is 0. The van der Waals surface area contributed by atoms with Crippen molar-refractivity contribution in [2.45, 2.75) is 12.7 Å². The zero-order chi connectivity index (χ0) is 25.4. The van der Waals surface area contributed by atoms with E-state index in [0.717, 1.165) is 38.0 Å². The molecule has 1 aliphatic heterocycles. The van der Waals surface area contributed by atoms with Crippen LogP contribution in [0.5, 0.6) is 0 Å². The number of halogens is 4. The van der Waals surface area contributed by atoms with Gasteiger partial charge in [0.15, 0.2) is 11.6 Å². The molecule has 3 heterocycles. The minimum Gasteiger partial charge on any atom is -0.379 e. The van der Waals surface area contributed by atoms with Gasteiger partial charge in [0.05, 0.1) is 42.6 Å². The standard InChI is InChI=1S/C23H24F4N8O/c24-20-15-30-22(33-21(20)28-6-7-35-8-10-36-11-9-35)34-31-14-18-4-5-19(13-29-18)32-17-3-1-2-16(12-17)23(25,26)27/h1-5,12-13,15,32H,6-11,14H2,(H,28,30,33). The van der Waals surface area contributed by atoms with E-state index >= 15 is 0 Å². The first kappa shape index (κ1) is 25.4. The van der Waals surface area contributed by atoms with Crippen LogP contribution in [0.3, 0.4) is 0 Å². The van der Waals surface area contributed by atoms with Crippen LogP contribution in [0.25, 0.3) is 0 Å². The lowest BCUT2D eigenvalue weighted by molar-refractivity contribution is -0.137. The summed E-state index contributed by atoms with van der Waals surface area (Å²) in [6, 6.07) is 8.23. The van der Waals surface area contributed by atoms with Crippen LogP contribution in [-0.4, -0.2) is 59.2 Å². The Bertz CT molecular complexity index is 1170. The summed E-state index contributed by atoms with van der Waals surface area (Å²) in [5.74, 6) is -0.523. The van der Waals surface area contributed by atoms with E-state index < -0.39 is 17.6 Å². The van der Waals surface area contributed by atoms with E-state index in [1.165, 1.54) is 18.3 Å². The van der Waals surface area contributed by atoms with Gasteiger partial charge < -0.3 is 15.4 Å². The maximum Gasteiger partial charge on any atom is 0.416 e. The number of azo groups is 1. The lowest BCUT2D eigenvalue weighted by Crippen LogP contribution is -2.39. The largest absolute Gasteiger partial charge is 0.416 e. The van der Waals surface area contributed by atoms with Gasteiger partial charge in [0.2, 0.25) is 0 Å². The van der Waals surface area contributed by atoms with Crippen LogP contribution in [0, 0.1) is 5.82 Å². The average molecular weight is 504 g/mol. The van der Waals surface area contributed by atoms with Crippen LogP contribution in [-0.2, 0) is 17.5 Å². The molecule has 0 aliphatic carbocycles. The molecule has 1 aromatic carbocycles. The van der Waals surface area contributed by atoms with Gasteiger partial charge >= 0.3 is 6.18 Å².